The molecule has 0 fully saturated rings. The summed E-state index contributed by atoms with van der Waals surface area (Å²) >= 11 is 0. The number of amides is 1. The van der Waals surface area contributed by atoms with E-state index >= 15 is 0 Å². The van der Waals surface area contributed by atoms with Gasteiger partial charge < -0.3 is 15.1 Å². The third-order valence-electron chi connectivity index (χ3n) is 3.22. The molecule has 114 valence electrons. The maximum Gasteiger partial charge on any atom is 0.324 e. The number of aliphatic carboxylic acids is 1. The summed E-state index contributed by atoms with van der Waals surface area (Å²) < 4.78 is 26.1. The number of aliphatic hydroxyl groups excluding tert-OH is 1. The Labute approximate surface area is 121 Å². The number of sulfonamides is 1. The minimum absolute atomic E-state index is 0.0948. The number of carboxylic acids is 1. The van der Waals surface area contributed by atoms with Gasteiger partial charge in [0.05, 0.1) is 17.9 Å². The third kappa shape index (κ3) is 2.89. The number of rotatable bonds is 5. The number of nitrogens with one attached hydrogen (secondary N) is 1. The minimum atomic E-state index is -4.09. The molecule has 1 aromatic carbocycles. The number of carboxylic acid groups (broad SMARTS) is 1. The van der Waals surface area contributed by atoms with Gasteiger partial charge in [0.25, 0.3) is 0 Å². The lowest BCUT2D eigenvalue weighted by Gasteiger charge is -2.14. The molecular formula is C12H14N2O6S. The first-order valence-corrected chi connectivity index (χ1v) is 7.50. The largest absolute Gasteiger partial charge is 0.480 e. The van der Waals surface area contributed by atoms with Gasteiger partial charge in [0.1, 0.15) is 6.04 Å². The quantitative estimate of drug-likeness (QED) is 0.636. The van der Waals surface area contributed by atoms with Crippen LogP contribution in [0.1, 0.15) is 5.56 Å². The van der Waals surface area contributed by atoms with Gasteiger partial charge in [0, 0.05) is 12.7 Å². The van der Waals surface area contributed by atoms with Crippen LogP contribution in [0.15, 0.2) is 23.1 Å². The highest BCUT2D eigenvalue weighted by Crippen LogP contribution is 2.29. The van der Waals surface area contributed by atoms with Crippen molar-refractivity contribution in [1.82, 2.24) is 4.72 Å². The topological polar surface area (TPSA) is 124 Å². The molecule has 8 nitrogen and oxygen atoms in total. The Balaban J connectivity index is 2.33. The molecule has 1 amide bonds. The summed E-state index contributed by atoms with van der Waals surface area (Å²) in [4.78, 5) is 23.6. The lowest BCUT2D eigenvalue weighted by molar-refractivity contribution is -0.139. The maximum atomic E-state index is 12.1. The molecule has 0 bridgehead atoms. The summed E-state index contributed by atoms with van der Waals surface area (Å²) in [7, 11) is -2.50. The predicted molar refractivity (Wildman–Crippen MR) is 72.4 cm³/mol. The highest BCUT2D eigenvalue weighted by Gasteiger charge is 2.28. The summed E-state index contributed by atoms with van der Waals surface area (Å²) in [5, 5.41) is 17.6. The highest BCUT2D eigenvalue weighted by molar-refractivity contribution is 7.89. The van der Waals surface area contributed by atoms with E-state index in [0.717, 1.165) is 0 Å². The Morgan fingerprint density at radius 3 is 2.71 bits per heavy atom. The third-order valence-corrected chi connectivity index (χ3v) is 4.69. The number of carbonyl (C=O) groups is 2. The first-order valence-electron chi connectivity index (χ1n) is 6.01. The smallest absolute Gasteiger partial charge is 0.324 e. The van der Waals surface area contributed by atoms with E-state index in [1.807, 2.05) is 4.72 Å². The predicted octanol–water partition coefficient (Wildman–Crippen LogP) is -1.07. The fourth-order valence-corrected chi connectivity index (χ4v) is 3.27. The minimum Gasteiger partial charge on any atom is -0.480 e. The standard InChI is InChI=1S/C12H14N2O6S/c1-14-10-3-2-8(4-7(10)5-11(14)16)21(19,20)13-9(6-15)12(17)18/h2-4,9,13,15H,5-6H2,1H3,(H,17,18)/t9-/m1/s1. The van der Waals surface area contributed by atoms with Crippen LogP contribution in [0.5, 0.6) is 0 Å². The number of benzene rings is 1. The van der Waals surface area contributed by atoms with E-state index in [0.29, 0.717) is 11.3 Å². The Morgan fingerprint density at radius 1 is 1.48 bits per heavy atom. The number of hydrogen-bond acceptors (Lipinski definition) is 5. The number of anilines is 1. The van der Waals surface area contributed by atoms with Gasteiger partial charge in [-0.1, -0.05) is 0 Å². The van der Waals surface area contributed by atoms with Crippen LogP contribution < -0.4 is 9.62 Å². The van der Waals surface area contributed by atoms with E-state index in [4.69, 9.17) is 10.2 Å². The van der Waals surface area contributed by atoms with Crippen molar-refractivity contribution in [2.75, 3.05) is 18.6 Å². The van der Waals surface area contributed by atoms with Crippen molar-refractivity contribution in [3.63, 3.8) is 0 Å². The zero-order valence-electron chi connectivity index (χ0n) is 11.1. The molecule has 1 atom stereocenters. The molecule has 0 spiro atoms. The maximum absolute atomic E-state index is 12.1. The Morgan fingerprint density at radius 2 is 2.14 bits per heavy atom. The summed E-state index contributed by atoms with van der Waals surface area (Å²) in [6.45, 7) is -0.860. The molecule has 21 heavy (non-hydrogen) atoms. The average Bonchev–Trinajstić information content (AvgIpc) is 2.70. The number of aliphatic hydroxyl groups is 1. The molecule has 1 aromatic rings. The summed E-state index contributed by atoms with van der Waals surface area (Å²) in [6.07, 6.45) is 0.0948. The van der Waals surface area contributed by atoms with Crippen LogP contribution in [-0.2, 0) is 26.0 Å². The molecule has 0 saturated carbocycles. The van der Waals surface area contributed by atoms with Crippen LogP contribution in [0.4, 0.5) is 5.69 Å². The van der Waals surface area contributed by atoms with Gasteiger partial charge in [-0.2, -0.15) is 4.72 Å². The van der Waals surface area contributed by atoms with E-state index in [1.54, 1.807) is 7.05 Å². The summed E-state index contributed by atoms with van der Waals surface area (Å²) in [5.41, 5.74) is 1.18. The second kappa shape index (κ2) is 5.43. The highest BCUT2D eigenvalue weighted by atomic mass is 32.2. The van der Waals surface area contributed by atoms with Gasteiger partial charge in [0.2, 0.25) is 15.9 Å². The van der Waals surface area contributed by atoms with Gasteiger partial charge >= 0.3 is 5.97 Å². The second-order valence-corrected chi connectivity index (χ2v) is 6.33. The SMILES string of the molecule is CN1C(=O)Cc2cc(S(=O)(=O)N[C@H](CO)C(=O)O)ccc21. The van der Waals surface area contributed by atoms with Crippen molar-refractivity contribution in [2.45, 2.75) is 17.4 Å². The van der Waals surface area contributed by atoms with Crippen LogP contribution in [0, 0.1) is 0 Å². The fraction of sp³-hybridized carbons (Fsp3) is 0.333. The molecule has 0 aliphatic carbocycles. The zero-order valence-corrected chi connectivity index (χ0v) is 11.9. The molecule has 0 aromatic heterocycles. The van der Waals surface area contributed by atoms with Gasteiger partial charge in [-0.05, 0) is 23.8 Å². The van der Waals surface area contributed by atoms with Crippen molar-refractivity contribution in [2.24, 2.45) is 0 Å². The Hall–Kier alpha value is -1.97. The van der Waals surface area contributed by atoms with Crippen LogP contribution >= 0.6 is 0 Å². The lowest BCUT2D eigenvalue weighted by atomic mass is 10.2. The Bertz CT molecular complexity index is 700. The molecule has 0 unspecified atom stereocenters. The number of likely N-dealkylation sites (N-methyl/N-ethyl adjacent to an activating group) is 1. The van der Waals surface area contributed by atoms with Crippen LogP contribution in [0.2, 0.25) is 0 Å². The monoisotopic (exact) mass is 314 g/mol. The first-order chi connectivity index (χ1) is 9.76. The molecule has 2 rings (SSSR count). The molecule has 1 aliphatic rings. The average molecular weight is 314 g/mol. The van der Waals surface area contributed by atoms with Gasteiger partial charge in [-0.25, -0.2) is 8.42 Å². The number of fused-ring (bicyclic) bond motifs is 1. The molecular weight excluding hydrogens is 300 g/mol. The summed E-state index contributed by atoms with van der Waals surface area (Å²) in [5.74, 6) is -1.62. The second-order valence-electron chi connectivity index (χ2n) is 4.61. The van der Waals surface area contributed by atoms with Gasteiger partial charge in [0.15, 0.2) is 0 Å². The number of hydrogen-bond donors (Lipinski definition) is 3. The molecule has 1 aliphatic heterocycles. The number of nitrogens with zero attached hydrogens (tertiary/aromatic N) is 1. The summed E-state index contributed by atoms with van der Waals surface area (Å²) in [6, 6.07) is 2.48. The fourth-order valence-electron chi connectivity index (χ4n) is 2.03. The first kappa shape index (κ1) is 15.4. The van der Waals surface area contributed by atoms with Gasteiger partial charge in [-0.15, -0.1) is 0 Å². The van der Waals surface area contributed by atoms with Crippen LogP contribution in [0.25, 0.3) is 0 Å². The van der Waals surface area contributed by atoms with Crippen LogP contribution in [-0.4, -0.2) is 50.2 Å². The van der Waals surface area contributed by atoms with E-state index in [1.165, 1.54) is 23.1 Å². The molecule has 3 N–H and O–H groups in total. The molecule has 1 heterocycles. The molecule has 0 saturated heterocycles. The molecule has 0 radical (unpaired) electrons. The lowest BCUT2D eigenvalue weighted by Crippen LogP contribution is -2.43. The van der Waals surface area contributed by atoms with Crippen molar-refractivity contribution in [1.29, 1.82) is 0 Å². The van der Waals surface area contributed by atoms with Crippen molar-refractivity contribution in [3.05, 3.63) is 23.8 Å². The van der Waals surface area contributed by atoms with Crippen molar-refractivity contribution < 1.29 is 28.2 Å². The molecule has 9 heteroatoms. The van der Waals surface area contributed by atoms with Crippen molar-refractivity contribution in [3.8, 4) is 0 Å². The number of carbonyl (C=O) groups excluding carboxylic acids is 1. The Kier molecular flexibility index (Phi) is 3.99. The van der Waals surface area contributed by atoms with E-state index < -0.39 is 28.6 Å². The normalized spacial score (nSPS) is 15.9. The van der Waals surface area contributed by atoms with Crippen molar-refractivity contribution >= 4 is 27.6 Å². The van der Waals surface area contributed by atoms with E-state index in [-0.39, 0.29) is 17.2 Å². The zero-order chi connectivity index (χ0) is 15.8. The van der Waals surface area contributed by atoms with Crippen LogP contribution in [0.3, 0.4) is 0 Å². The van der Waals surface area contributed by atoms with E-state index in [9.17, 15) is 18.0 Å². The van der Waals surface area contributed by atoms with E-state index in [2.05, 4.69) is 0 Å². The van der Waals surface area contributed by atoms with Gasteiger partial charge in [-0.3, -0.25) is 9.59 Å².